The van der Waals surface area contributed by atoms with E-state index in [1.54, 1.807) is 6.07 Å². The van der Waals surface area contributed by atoms with Gasteiger partial charge in [-0.25, -0.2) is 9.37 Å². The summed E-state index contributed by atoms with van der Waals surface area (Å²) in [7, 11) is 0. The summed E-state index contributed by atoms with van der Waals surface area (Å²) in [6.07, 6.45) is 2.94. The van der Waals surface area contributed by atoms with E-state index in [2.05, 4.69) is 4.98 Å². The number of ether oxygens (including phenoxy) is 1. The number of benzene rings is 1. The van der Waals surface area contributed by atoms with Gasteiger partial charge in [0.25, 0.3) is 0 Å². The smallest absolute Gasteiger partial charge is 0.137 e. The molecular formula is C16H15FN2O2. The predicted octanol–water partition coefficient (Wildman–Crippen LogP) is 3.11. The van der Waals surface area contributed by atoms with Gasteiger partial charge in [-0.3, -0.25) is 0 Å². The summed E-state index contributed by atoms with van der Waals surface area (Å²) in [6, 6.07) is 10.2. The molecule has 0 aliphatic carbocycles. The lowest BCUT2D eigenvalue weighted by Gasteiger charge is -2.09. The molecule has 3 rings (SSSR count). The topological polar surface area (TPSA) is 46.8 Å². The van der Waals surface area contributed by atoms with Gasteiger partial charge in [0.1, 0.15) is 23.8 Å². The number of hydrogen-bond donors (Lipinski definition) is 1. The molecule has 2 heterocycles. The van der Waals surface area contributed by atoms with Gasteiger partial charge in [-0.2, -0.15) is 0 Å². The van der Waals surface area contributed by atoms with Crippen molar-refractivity contribution in [1.82, 2.24) is 9.38 Å². The van der Waals surface area contributed by atoms with Crippen LogP contribution in [-0.4, -0.2) is 14.5 Å². The molecular weight excluding hydrogens is 271 g/mol. The van der Waals surface area contributed by atoms with Crippen LogP contribution in [0.15, 0.2) is 48.8 Å². The quantitative estimate of drug-likeness (QED) is 0.801. The Balaban J connectivity index is 1.74. The average Bonchev–Trinajstić information content (AvgIpc) is 2.87. The second kappa shape index (κ2) is 5.54. The predicted molar refractivity (Wildman–Crippen MR) is 76.6 cm³/mol. The number of nitrogens with zero attached hydrogens (tertiary/aromatic N) is 2. The standard InChI is InChI=1S/C16H15FN2O2/c1-11(20)14-6-5-13(8-15(14)17)21-10-12-9-19-7-3-2-4-16(19)18-12/h2-9,11,20H,10H2,1H3/t11-/m0/s1. The highest BCUT2D eigenvalue weighted by molar-refractivity contribution is 5.39. The van der Waals surface area contributed by atoms with E-state index in [-0.39, 0.29) is 12.2 Å². The van der Waals surface area contributed by atoms with Crippen molar-refractivity contribution in [3.05, 3.63) is 65.9 Å². The average molecular weight is 286 g/mol. The molecule has 0 saturated carbocycles. The molecule has 0 bridgehead atoms. The molecule has 0 amide bonds. The van der Waals surface area contributed by atoms with Crippen molar-refractivity contribution < 1.29 is 14.2 Å². The number of aromatic nitrogens is 2. The Morgan fingerprint density at radius 2 is 2.19 bits per heavy atom. The summed E-state index contributed by atoms with van der Waals surface area (Å²) in [4.78, 5) is 4.40. The zero-order valence-electron chi connectivity index (χ0n) is 11.5. The number of imidazole rings is 1. The van der Waals surface area contributed by atoms with Gasteiger partial charge < -0.3 is 14.2 Å². The van der Waals surface area contributed by atoms with Gasteiger partial charge in [0.05, 0.1) is 11.8 Å². The fourth-order valence-electron chi connectivity index (χ4n) is 2.15. The molecule has 21 heavy (non-hydrogen) atoms. The number of rotatable bonds is 4. The maximum absolute atomic E-state index is 13.7. The highest BCUT2D eigenvalue weighted by atomic mass is 19.1. The third-order valence-electron chi connectivity index (χ3n) is 3.22. The lowest BCUT2D eigenvalue weighted by atomic mass is 10.1. The number of hydrogen-bond acceptors (Lipinski definition) is 3. The first-order chi connectivity index (χ1) is 10.1. The lowest BCUT2D eigenvalue weighted by molar-refractivity contribution is 0.193. The van der Waals surface area contributed by atoms with Gasteiger partial charge in [0.15, 0.2) is 0 Å². The molecule has 0 unspecified atom stereocenters. The van der Waals surface area contributed by atoms with Crippen LogP contribution in [0.2, 0.25) is 0 Å². The summed E-state index contributed by atoms with van der Waals surface area (Å²) >= 11 is 0. The van der Waals surface area contributed by atoms with Crippen LogP contribution in [0.3, 0.4) is 0 Å². The van der Waals surface area contributed by atoms with Gasteiger partial charge in [0, 0.05) is 24.0 Å². The highest BCUT2D eigenvalue weighted by Crippen LogP contribution is 2.22. The van der Waals surface area contributed by atoms with E-state index in [9.17, 15) is 9.50 Å². The van der Waals surface area contributed by atoms with Crippen LogP contribution in [0.4, 0.5) is 4.39 Å². The molecule has 1 N–H and O–H groups in total. The molecule has 0 aliphatic heterocycles. The zero-order chi connectivity index (χ0) is 14.8. The summed E-state index contributed by atoms with van der Waals surface area (Å²) < 4.78 is 21.2. The normalized spacial score (nSPS) is 12.5. The Hall–Kier alpha value is -2.40. The van der Waals surface area contributed by atoms with E-state index < -0.39 is 11.9 Å². The first kappa shape index (κ1) is 13.6. The Kier molecular flexibility index (Phi) is 3.58. The number of halogens is 1. The van der Waals surface area contributed by atoms with Gasteiger partial charge in [-0.05, 0) is 31.2 Å². The second-order valence-electron chi connectivity index (χ2n) is 4.85. The molecule has 108 valence electrons. The molecule has 3 aromatic rings. The summed E-state index contributed by atoms with van der Waals surface area (Å²) in [5.41, 5.74) is 1.86. The summed E-state index contributed by atoms with van der Waals surface area (Å²) in [5, 5.41) is 9.39. The monoisotopic (exact) mass is 286 g/mol. The molecule has 1 atom stereocenters. The fraction of sp³-hybridized carbons (Fsp3) is 0.188. The van der Waals surface area contributed by atoms with Gasteiger partial charge in [-0.15, -0.1) is 0 Å². The van der Waals surface area contributed by atoms with Crippen LogP contribution >= 0.6 is 0 Å². The van der Waals surface area contributed by atoms with E-state index >= 15 is 0 Å². The van der Waals surface area contributed by atoms with Gasteiger partial charge in [0.2, 0.25) is 0 Å². The van der Waals surface area contributed by atoms with Crippen molar-refractivity contribution in [3.8, 4) is 5.75 Å². The second-order valence-corrected chi connectivity index (χ2v) is 4.85. The minimum atomic E-state index is -0.836. The SMILES string of the molecule is C[C@H](O)c1ccc(OCc2cn3ccccc3n2)cc1F. The molecule has 0 fully saturated rings. The minimum absolute atomic E-state index is 0.259. The van der Waals surface area contributed by atoms with E-state index in [4.69, 9.17) is 4.74 Å². The first-order valence-electron chi connectivity index (χ1n) is 6.66. The van der Waals surface area contributed by atoms with Crippen molar-refractivity contribution in [2.45, 2.75) is 19.6 Å². The molecule has 4 nitrogen and oxygen atoms in total. The van der Waals surface area contributed by atoms with Crippen molar-refractivity contribution in [3.63, 3.8) is 0 Å². The molecule has 0 spiro atoms. The minimum Gasteiger partial charge on any atom is -0.487 e. The van der Waals surface area contributed by atoms with E-state index in [0.717, 1.165) is 11.3 Å². The largest absolute Gasteiger partial charge is 0.487 e. The molecule has 1 aromatic carbocycles. The van der Waals surface area contributed by atoms with E-state index in [1.165, 1.54) is 19.1 Å². The molecule has 2 aromatic heterocycles. The van der Waals surface area contributed by atoms with Crippen LogP contribution in [0.5, 0.6) is 5.75 Å². The Morgan fingerprint density at radius 1 is 1.33 bits per heavy atom. The third-order valence-corrected chi connectivity index (χ3v) is 3.22. The summed E-state index contributed by atoms with van der Waals surface area (Å²) in [5.74, 6) is -0.0635. The van der Waals surface area contributed by atoms with E-state index in [0.29, 0.717) is 5.75 Å². The maximum Gasteiger partial charge on any atom is 0.137 e. The zero-order valence-corrected chi connectivity index (χ0v) is 11.5. The van der Waals surface area contributed by atoms with Crippen LogP contribution in [-0.2, 0) is 6.61 Å². The van der Waals surface area contributed by atoms with Crippen molar-refractivity contribution in [2.24, 2.45) is 0 Å². The maximum atomic E-state index is 13.7. The van der Waals surface area contributed by atoms with Crippen LogP contribution in [0.25, 0.3) is 5.65 Å². The summed E-state index contributed by atoms with van der Waals surface area (Å²) in [6.45, 7) is 1.78. The van der Waals surface area contributed by atoms with Crippen molar-refractivity contribution in [1.29, 1.82) is 0 Å². The van der Waals surface area contributed by atoms with Crippen molar-refractivity contribution >= 4 is 5.65 Å². The van der Waals surface area contributed by atoms with Crippen LogP contribution in [0, 0.1) is 5.82 Å². The number of fused-ring (bicyclic) bond motifs is 1. The van der Waals surface area contributed by atoms with Crippen molar-refractivity contribution in [2.75, 3.05) is 0 Å². The van der Waals surface area contributed by atoms with Crippen LogP contribution in [0.1, 0.15) is 24.3 Å². The lowest BCUT2D eigenvalue weighted by Crippen LogP contribution is -1.99. The Bertz CT molecular complexity index is 735. The van der Waals surface area contributed by atoms with E-state index in [1.807, 2.05) is 35.0 Å². The molecule has 0 saturated heterocycles. The van der Waals surface area contributed by atoms with Gasteiger partial charge >= 0.3 is 0 Å². The Morgan fingerprint density at radius 3 is 2.90 bits per heavy atom. The fourth-order valence-corrected chi connectivity index (χ4v) is 2.15. The van der Waals surface area contributed by atoms with Crippen LogP contribution < -0.4 is 4.74 Å². The van der Waals surface area contributed by atoms with Gasteiger partial charge in [-0.1, -0.05) is 6.07 Å². The highest BCUT2D eigenvalue weighted by Gasteiger charge is 2.09. The molecule has 0 aliphatic rings. The first-order valence-corrected chi connectivity index (χ1v) is 6.66. The number of aliphatic hydroxyl groups excluding tert-OH is 1. The third kappa shape index (κ3) is 2.87. The Labute approximate surface area is 121 Å². The number of pyridine rings is 1. The molecule has 5 heteroatoms. The molecule has 0 radical (unpaired) electrons. The number of aliphatic hydroxyl groups is 1.